The molecule has 1 unspecified atom stereocenters. The molecule has 1 amide bonds. The summed E-state index contributed by atoms with van der Waals surface area (Å²) in [6, 6.07) is 6.06. The summed E-state index contributed by atoms with van der Waals surface area (Å²) in [7, 11) is 0. The lowest BCUT2D eigenvalue weighted by Crippen LogP contribution is -2.36. The summed E-state index contributed by atoms with van der Waals surface area (Å²) < 4.78 is 5.84. The van der Waals surface area contributed by atoms with E-state index in [4.69, 9.17) is 4.74 Å². The third-order valence-electron chi connectivity index (χ3n) is 3.18. The Bertz CT molecular complexity index is 446. The van der Waals surface area contributed by atoms with E-state index in [2.05, 4.69) is 30.5 Å². The van der Waals surface area contributed by atoms with Gasteiger partial charge < -0.3 is 15.4 Å². The SMILES string of the molecule is CCCNCc1cc(C)ccc1OC(C)C(=O)NCCC. The number of aryl methyl sites for hydroxylation is 1. The molecule has 1 aromatic rings. The van der Waals surface area contributed by atoms with Crippen molar-refractivity contribution in [3.63, 3.8) is 0 Å². The Kier molecular flexibility index (Phi) is 7.83. The molecular weight excluding hydrogens is 264 g/mol. The van der Waals surface area contributed by atoms with Crippen molar-refractivity contribution in [1.29, 1.82) is 0 Å². The van der Waals surface area contributed by atoms with Gasteiger partial charge in [0.15, 0.2) is 6.10 Å². The number of carbonyl (C=O) groups excluding carboxylic acids is 1. The maximum absolute atomic E-state index is 11.9. The van der Waals surface area contributed by atoms with Crippen LogP contribution in [-0.2, 0) is 11.3 Å². The summed E-state index contributed by atoms with van der Waals surface area (Å²) in [4.78, 5) is 11.9. The zero-order valence-corrected chi connectivity index (χ0v) is 13.7. The molecule has 0 radical (unpaired) electrons. The summed E-state index contributed by atoms with van der Waals surface area (Å²) in [5.41, 5.74) is 2.29. The highest BCUT2D eigenvalue weighted by Crippen LogP contribution is 2.21. The molecule has 1 atom stereocenters. The largest absolute Gasteiger partial charge is 0.481 e. The first kappa shape index (κ1) is 17.5. The first-order valence-corrected chi connectivity index (χ1v) is 7.83. The molecular formula is C17H28N2O2. The van der Waals surface area contributed by atoms with Gasteiger partial charge in [-0.2, -0.15) is 0 Å². The Morgan fingerprint density at radius 3 is 2.62 bits per heavy atom. The number of carbonyl (C=O) groups is 1. The molecule has 0 aliphatic rings. The van der Waals surface area contributed by atoms with Crippen molar-refractivity contribution in [2.24, 2.45) is 0 Å². The summed E-state index contributed by atoms with van der Waals surface area (Å²) in [5, 5.41) is 6.23. The zero-order valence-electron chi connectivity index (χ0n) is 13.7. The molecule has 0 aliphatic heterocycles. The van der Waals surface area contributed by atoms with Crippen LogP contribution >= 0.6 is 0 Å². The highest BCUT2D eigenvalue weighted by atomic mass is 16.5. The second-order valence-electron chi connectivity index (χ2n) is 5.34. The van der Waals surface area contributed by atoms with E-state index in [-0.39, 0.29) is 5.91 Å². The topological polar surface area (TPSA) is 50.4 Å². The lowest BCUT2D eigenvalue weighted by Gasteiger charge is -2.18. The molecule has 0 fully saturated rings. The van der Waals surface area contributed by atoms with E-state index < -0.39 is 6.10 Å². The lowest BCUT2D eigenvalue weighted by atomic mass is 10.1. The molecule has 0 aromatic heterocycles. The predicted octanol–water partition coefficient (Wildman–Crippen LogP) is 2.79. The molecule has 2 N–H and O–H groups in total. The summed E-state index contributed by atoms with van der Waals surface area (Å²) >= 11 is 0. The standard InChI is InChI=1S/C17H28N2O2/c1-5-9-18-12-15-11-13(3)7-8-16(15)21-14(4)17(20)19-10-6-2/h7-8,11,14,18H,5-6,9-10,12H2,1-4H3,(H,19,20). The molecule has 1 aromatic carbocycles. The van der Waals surface area contributed by atoms with Crippen molar-refractivity contribution >= 4 is 5.91 Å². The Morgan fingerprint density at radius 2 is 1.95 bits per heavy atom. The average Bonchev–Trinajstić information content (AvgIpc) is 2.47. The van der Waals surface area contributed by atoms with Gasteiger partial charge in [0.25, 0.3) is 5.91 Å². The summed E-state index contributed by atoms with van der Waals surface area (Å²) in [6.45, 7) is 10.4. The number of nitrogens with one attached hydrogen (secondary N) is 2. The Balaban J connectivity index is 2.70. The molecule has 0 saturated heterocycles. The molecule has 0 heterocycles. The van der Waals surface area contributed by atoms with E-state index in [1.165, 1.54) is 5.56 Å². The van der Waals surface area contributed by atoms with Gasteiger partial charge in [-0.25, -0.2) is 0 Å². The van der Waals surface area contributed by atoms with Crippen LogP contribution in [0.4, 0.5) is 0 Å². The van der Waals surface area contributed by atoms with Crippen molar-refractivity contribution in [2.45, 2.75) is 53.2 Å². The van der Waals surface area contributed by atoms with Crippen LogP contribution in [0.5, 0.6) is 5.75 Å². The first-order valence-electron chi connectivity index (χ1n) is 7.83. The number of benzene rings is 1. The minimum Gasteiger partial charge on any atom is -0.481 e. The van der Waals surface area contributed by atoms with E-state index in [1.54, 1.807) is 6.92 Å². The number of hydrogen-bond donors (Lipinski definition) is 2. The third-order valence-corrected chi connectivity index (χ3v) is 3.18. The number of hydrogen-bond acceptors (Lipinski definition) is 3. The first-order chi connectivity index (χ1) is 10.1. The molecule has 1 rings (SSSR count). The van der Waals surface area contributed by atoms with E-state index in [0.29, 0.717) is 6.54 Å². The van der Waals surface area contributed by atoms with Crippen LogP contribution < -0.4 is 15.4 Å². The van der Waals surface area contributed by atoms with Crippen LogP contribution in [0.2, 0.25) is 0 Å². The normalized spacial score (nSPS) is 12.0. The zero-order chi connectivity index (χ0) is 15.7. The van der Waals surface area contributed by atoms with Gasteiger partial charge in [0.1, 0.15) is 5.75 Å². The Labute approximate surface area is 128 Å². The molecule has 4 heteroatoms. The van der Waals surface area contributed by atoms with Crippen LogP contribution in [0.1, 0.15) is 44.7 Å². The van der Waals surface area contributed by atoms with Crippen molar-refractivity contribution in [3.05, 3.63) is 29.3 Å². The van der Waals surface area contributed by atoms with Crippen molar-refractivity contribution < 1.29 is 9.53 Å². The molecule has 0 saturated carbocycles. The molecule has 118 valence electrons. The van der Waals surface area contributed by atoms with Crippen LogP contribution in [0.15, 0.2) is 18.2 Å². The molecule has 0 bridgehead atoms. The number of rotatable bonds is 9. The molecule has 0 spiro atoms. The highest BCUT2D eigenvalue weighted by molar-refractivity contribution is 5.80. The Morgan fingerprint density at radius 1 is 1.24 bits per heavy atom. The fraction of sp³-hybridized carbons (Fsp3) is 0.588. The monoisotopic (exact) mass is 292 g/mol. The minimum absolute atomic E-state index is 0.0649. The summed E-state index contributed by atoms with van der Waals surface area (Å²) in [6.07, 6.45) is 1.54. The van der Waals surface area contributed by atoms with E-state index in [9.17, 15) is 4.79 Å². The Hall–Kier alpha value is -1.55. The van der Waals surface area contributed by atoms with Gasteiger partial charge in [0.05, 0.1) is 0 Å². The van der Waals surface area contributed by atoms with Crippen molar-refractivity contribution in [3.8, 4) is 5.75 Å². The smallest absolute Gasteiger partial charge is 0.260 e. The van der Waals surface area contributed by atoms with Crippen LogP contribution in [0.25, 0.3) is 0 Å². The second kappa shape index (κ2) is 9.40. The molecule has 21 heavy (non-hydrogen) atoms. The van der Waals surface area contributed by atoms with Gasteiger partial charge in [-0.05, 0) is 39.3 Å². The van der Waals surface area contributed by atoms with Gasteiger partial charge in [-0.1, -0.05) is 31.5 Å². The van der Waals surface area contributed by atoms with Gasteiger partial charge >= 0.3 is 0 Å². The molecule has 4 nitrogen and oxygen atoms in total. The second-order valence-corrected chi connectivity index (χ2v) is 5.34. The fourth-order valence-corrected chi connectivity index (χ4v) is 2.00. The van der Waals surface area contributed by atoms with Crippen molar-refractivity contribution in [2.75, 3.05) is 13.1 Å². The number of amides is 1. The quantitative estimate of drug-likeness (QED) is 0.688. The van der Waals surface area contributed by atoms with Gasteiger partial charge in [0.2, 0.25) is 0 Å². The predicted molar refractivity (Wildman–Crippen MR) is 86.6 cm³/mol. The van der Waals surface area contributed by atoms with Gasteiger partial charge in [-0.3, -0.25) is 4.79 Å². The molecule has 0 aliphatic carbocycles. The average molecular weight is 292 g/mol. The van der Waals surface area contributed by atoms with Gasteiger partial charge in [-0.15, -0.1) is 0 Å². The fourth-order valence-electron chi connectivity index (χ4n) is 2.00. The number of ether oxygens (including phenoxy) is 1. The minimum atomic E-state index is -0.482. The highest BCUT2D eigenvalue weighted by Gasteiger charge is 2.15. The summed E-state index contributed by atoms with van der Waals surface area (Å²) in [5.74, 6) is 0.716. The van der Waals surface area contributed by atoms with Crippen LogP contribution in [0.3, 0.4) is 0 Å². The maximum atomic E-state index is 11.9. The third kappa shape index (κ3) is 6.17. The maximum Gasteiger partial charge on any atom is 0.260 e. The van der Waals surface area contributed by atoms with E-state index in [1.807, 2.05) is 19.1 Å². The van der Waals surface area contributed by atoms with Crippen LogP contribution in [-0.4, -0.2) is 25.1 Å². The van der Waals surface area contributed by atoms with E-state index in [0.717, 1.165) is 37.2 Å². The lowest BCUT2D eigenvalue weighted by molar-refractivity contribution is -0.127. The van der Waals surface area contributed by atoms with E-state index >= 15 is 0 Å². The van der Waals surface area contributed by atoms with Crippen molar-refractivity contribution in [1.82, 2.24) is 10.6 Å². The van der Waals surface area contributed by atoms with Gasteiger partial charge in [0, 0.05) is 18.7 Å². The van der Waals surface area contributed by atoms with Crippen LogP contribution in [0, 0.1) is 6.92 Å².